The molecule has 0 aliphatic carbocycles. The molecular weight excluding hydrogens is 305 g/mol. The highest BCUT2D eigenvalue weighted by atomic mass is 35.5. The quantitative estimate of drug-likeness (QED) is 0.928. The van der Waals surface area contributed by atoms with Gasteiger partial charge in [-0.3, -0.25) is 0 Å². The molecule has 1 aromatic carbocycles. The number of piperidine rings is 1. The van der Waals surface area contributed by atoms with Crippen LogP contribution in [-0.2, 0) is 10.0 Å². The van der Waals surface area contributed by atoms with Crippen molar-refractivity contribution in [2.45, 2.75) is 24.7 Å². The zero-order valence-corrected chi connectivity index (χ0v) is 12.7. The highest BCUT2D eigenvalue weighted by molar-refractivity contribution is 7.89. The Morgan fingerprint density at radius 2 is 2.20 bits per heavy atom. The van der Waals surface area contributed by atoms with Gasteiger partial charge in [-0.1, -0.05) is 11.6 Å². The standard InChI is InChI=1S/C13H17ClFNO3S/c1-9-5-13(11(14)6-12(9)15)20(18,19)16-4-2-3-10(7-16)8-17/h5-6,10,17H,2-4,7-8H2,1H3. The number of nitrogens with zero attached hydrogens (tertiary/aromatic N) is 1. The van der Waals surface area contributed by atoms with E-state index >= 15 is 0 Å². The number of sulfonamides is 1. The third-order valence-electron chi connectivity index (χ3n) is 3.57. The largest absolute Gasteiger partial charge is 0.396 e. The molecule has 1 fully saturated rings. The summed E-state index contributed by atoms with van der Waals surface area (Å²) in [6.07, 6.45) is 1.50. The summed E-state index contributed by atoms with van der Waals surface area (Å²) in [5.41, 5.74) is 0.240. The maximum atomic E-state index is 13.4. The van der Waals surface area contributed by atoms with Gasteiger partial charge in [-0.2, -0.15) is 4.31 Å². The van der Waals surface area contributed by atoms with Gasteiger partial charge in [0.1, 0.15) is 10.7 Å². The number of aryl methyl sites for hydroxylation is 1. The van der Waals surface area contributed by atoms with Crippen LogP contribution in [0.4, 0.5) is 4.39 Å². The summed E-state index contributed by atoms with van der Waals surface area (Å²) in [4.78, 5) is -0.0725. The average molecular weight is 322 g/mol. The van der Waals surface area contributed by atoms with E-state index in [4.69, 9.17) is 11.6 Å². The number of halogens is 2. The molecule has 4 nitrogen and oxygen atoms in total. The highest BCUT2D eigenvalue weighted by Crippen LogP contribution is 2.30. The smallest absolute Gasteiger partial charge is 0.244 e. The van der Waals surface area contributed by atoms with Gasteiger partial charge in [0, 0.05) is 19.7 Å². The van der Waals surface area contributed by atoms with Crippen molar-refractivity contribution in [2.75, 3.05) is 19.7 Å². The van der Waals surface area contributed by atoms with Gasteiger partial charge in [-0.05, 0) is 43.4 Å². The Morgan fingerprint density at radius 3 is 2.85 bits per heavy atom. The third kappa shape index (κ3) is 2.98. The predicted octanol–water partition coefficient (Wildman–Crippen LogP) is 2.18. The Balaban J connectivity index is 2.37. The first-order chi connectivity index (χ1) is 9.36. The first-order valence-corrected chi connectivity index (χ1v) is 8.24. The Morgan fingerprint density at radius 1 is 1.50 bits per heavy atom. The second-order valence-corrected chi connectivity index (χ2v) is 7.40. The SMILES string of the molecule is Cc1cc(S(=O)(=O)N2CCCC(CO)C2)c(Cl)cc1F. The van der Waals surface area contributed by atoms with E-state index in [1.807, 2.05) is 0 Å². The van der Waals surface area contributed by atoms with Gasteiger partial charge in [-0.15, -0.1) is 0 Å². The number of hydrogen-bond acceptors (Lipinski definition) is 3. The Bertz CT molecular complexity index is 606. The van der Waals surface area contributed by atoms with Crippen LogP contribution in [0.1, 0.15) is 18.4 Å². The van der Waals surface area contributed by atoms with Crippen molar-refractivity contribution in [1.82, 2.24) is 4.31 Å². The van der Waals surface area contributed by atoms with Crippen LogP contribution in [0.3, 0.4) is 0 Å². The normalized spacial score (nSPS) is 21.1. The molecule has 0 aromatic heterocycles. The summed E-state index contributed by atoms with van der Waals surface area (Å²) in [7, 11) is -3.75. The number of hydrogen-bond donors (Lipinski definition) is 1. The fourth-order valence-corrected chi connectivity index (χ4v) is 4.49. The van der Waals surface area contributed by atoms with Crippen molar-refractivity contribution in [2.24, 2.45) is 5.92 Å². The maximum absolute atomic E-state index is 13.4. The van der Waals surface area contributed by atoms with E-state index in [1.165, 1.54) is 17.3 Å². The molecule has 1 heterocycles. The zero-order chi connectivity index (χ0) is 14.9. The van der Waals surface area contributed by atoms with Crippen LogP contribution >= 0.6 is 11.6 Å². The lowest BCUT2D eigenvalue weighted by Gasteiger charge is -2.31. The lowest BCUT2D eigenvalue weighted by atomic mass is 10.0. The van der Waals surface area contributed by atoms with Crippen molar-refractivity contribution in [3.05, 3.63) is 28.5 Å². The molecule has 1 atom stereocenters. The van der Waals surface area contributed by atoms with E-state index in [1.54, 1.807) is 0 Å². The zero-order valence-electron chi connectivity index (χ0n) is 11.1. The third-order valence-corrected chi connectivity index (χ3v) is 5.90. The van der Waals surface area contributed by atoms with Crippen molar-refractivity contribution in [3.63, 3.8) is 0 Å². The van der Waals surface area contributed by atoms with E-state index in [2.05, 4.69) is 0 Å². The van der Waals surface area contributed by atoms with Gasteiger partial charge in [0.2, 0.25) is 10.0 Å². The first-order valence-electron chi connectivity index (χ1n) is 6.43. The molecule has 1 aliphatic rings. The molecule has 20 heavy (non-hydrogen) atoms. The van der Waals surface area contributed by atoms with Crippen LogP contribution in [0.15, 0.2) is 17.0 Å². The number of benzene rings is 1. The summed E-state index contributed by atoms with van der Waals surface area (Å²) in [5.74, 6) is -0.584. The van der Waals surface area contributed by atoms with Gasteiger partial charge >= 0.3 is 0 Å². The van der Waals surface area contributed by atoms with Gasteiger partial charge in [0.25, 0.3) is 0 Å². The molecule has 1 aromatic rings. The maximum Gasteiger partial charge on any atom is 0.244 e. The predicted molar refractivity (Wildman–Crippen MR) is 74.7 cm³/mol. The molecule has 0 amide bonds. The average Bonchev–Trinajstić information content (AvgIpc) is 2.42. The van der Waals surface area contributed by atoms with E-state index in [0.717, 1.165) is 12.5 Å². The molecule has 1 unspecified atom stereocenters. The van der Waals surface area contributed by atoms with Crippen molar-refractivity contribution in [1.29, 1.82) is 0 Å². The minimum Gasteiger partial charge on any atom is -0.396 e. The van der Waals surface area contributed by atoms with E-state index in [-0.39, 0.29) is 34.6 Å². The lowest BCUT2D eigenvalue weighted by molar-refractivity contribution is 0.165. The van der Waals surface area contributed by atoms with Gasteiger partial charge in [-0.25, -0.2) is 12.8 Å². The molecule has 1 N–H and O–H groups in total. The molecular formula is C13H17ClFNO3S. The van der Waals surface area contributed by atoms with Gasteiger partial charge < -0.3 is 5.11 Å². The van der Waals surface area contributed by atoms with E-state index < -0.39 is 15.8 Å². The summed E-state index contributed by atoms with van der Waals surface area (Å²) in [5, 5.41) is 9.07. The second kappa shape index (κ2) is 5.97. The fourth-order valence-electron chi connectivity index (χ4n) is 2.36. The van der Waals surface area contributed by atoms with Crippen molar-refractivity contribution < 1.29 is 17.9 Å². The second-order valence-electron chi connectivity index (χ2n) is 5.09. The van der Waals surface area contributed by atoms with Gasteiger partial charge in [0.05, 0.1) is 5.02 Å². The van der Waals surface area contributed by atoms with Crippen LogP contribution in [0.2, 0.25) is 5.02 Å². The minimum atomic E-state index is -3.75. The number of aliphatic hydroxyl groups excluding tert-OH is 1. The molecule has 1 saturated heterocycles. The summed E-state index contributed by atoms with van der Waals surface area (Å²) < 4.78 is 39.8. The monoisotopic (exact) mass is 321 g/mol. The van der Waals surface area contributed by atoms with Gasteiger partial charge in [0.15, 0.2) is 0 Å². The number of rotatable bonds is 3. The highest BCUT2D eigenvalue weighted by Gasteiger charge is 2.31. The minimum absolute atomic E-state index is 0.0395. The summed E-state index contributed by atoms with van der Waals surface area (Å²) >= 11 is 5.88. The molecule has 0 spiro atoms. The summed E-state index contributed by atoms with van der Waals surface area (Å²) in [6.45, 7) is 2.12. The Labute approximate surface area is 123 Å². The molecule has 112 valence electrons. The molecule has 7 heteroatoms. The van der Waals surface area contributed by atoms with Crippen LogP contribution in [0.5, 0.6) is 0 Å². The Kier molecular flexibility index (Phi) is 4.69. The van der Waals surface area contributed by atoms with Crippen LogP contribution < -0.4 is 0 Å². The molecule has 2 rings (SSSR count). The topological polar surface area (TPSA) is 57.6 Å². The van der Waals surface area contributed by atoms with Crippen LogP contribution in [0, 0.1) is 18.7 Å². The first kappa shape index (κ1) is 15.7. The fraction of sp³-hybridized carbons (Fsp3) is 0.538. The van der Waals surface area contributed by atoms with Crippen LogP contribution in [-0.4, -0.2) is 37.5 Å². The van der Waals surface area contributed by atoms with E-state index in [0.29, 0.717) is 13.0 Å². The Hall–Kier alpha value is -0.690. The lowest BCUT2D eigenvalue weighted by Crippen LogP contribution is -2.41. The molecule has 0 saturated carbocycles. The molecule has 0 radical (unpaired) electrons. The van der Waals surface area contributed by atoms with E-state index in [9.17, 15) is 17.9 Å². The number of aliphatic hydroxyl groups is 1. The molecule has 1 aliphatic heterocycles. The molecule has 0 bridgehead atoms. The van der Waals surface area contributed by atoms with Crippen LogP contribution in [0.25, 0.3) is 0 Å². The van der Waals surface area contributed by atoms with Crippen molar-refractivity contribution >= 4 is 21.6 Å². The summed E-state index contributed by atoms with van der Waals surface area (Å²) in [6, 6.07) is 2.28. The van der Waals surface area contributed by atoms with Crippen molar-refractivity contribution in [3.8, 4) is 0 Å².